The van der Waals surface area contributed by atoms with Gasteiger partial charge in [-0.3, -0.25) is 14.6 Å². The lowest BCUT2D eigenvalue weighted by Gasteiger charge is -2.27. The number of aromatic nitrogens is 1. The number of nitrogens with one attached hydrogen (secondary N) is 1. The Balaban J connectivity index is 1.67. The highest BCUT2D eigenvalue weighted by atomic mass is 19.3. The van der Waals surface area contributed by atoms with Crippen LogP contribution in [0.3, 0.4) is 0 Å². The molecule has 0 aromatic carbocycles. The predicted octanol–water partition coefficient (Wildman–Crippen LogP) is 2.66. The molecule has 2 aliphatic rings. The second-order valence-corrected chi connectivity index (χ2v) is 7.24. The third kappa shape index (κ3) is 3.76. The van der Waals surface area contributed by atoms with Crippen molar-refractivity contribution in [2.24, 2.45) is 5.92 Å². The van der Waals surface area contributed by atoms with Gasteiger partial charge in [0.2, 0.25) is 5.91 Å². The van der Waals surface area contributed by atoms with Crippen molar-refractivity contribution in [2.75, 3.05) is 13.1 Å². The van der Waals surface area contributed by atoms with E-state index in [4.69, 9.17) is 0 Å². The molecule has 1 saturated heterocycles. The summed E-state index contributed by atoms with van der Waals surface area (Å²) in [6.45, 7) is 2.76. The molecular formula is C19H23F2N3O2. The molecule has 0 saturated carbocycles. The second kappa shape index (κ2) is 7.13. The van der Waals surface area contributed by atoms with Crippen molar-refractivity contribution in [2.45, 2.75) is 45.1 Å². The van der Waals surface area contributed by atoms with Gasteiger partial charge in [0.1, 0.15) is 0 Å². The topological polar surface area (TPSA) is 62.3 Å². The summed E-state index contributed by atoms with van der Waals surface area (Å²) in [5.74, 6) is -3.81. The number of alkyl halides is 2. The number of hydrogen-bond donors (Lipinski definition) is 1. The van der Waals surface area contributed by atoms with Gasteiger partial charge < -0.3 is 10.2 Å². The minimum atomic E-state index is -2.87. The number of pyridine rings is 1. The van der Waals surface area contributed by atoms with Crippen molar-refractivity contribution in [1.82, 2.24) is 15.2 Å². The predicted molar refractivity (Wildman–Crippen MR) is 93.8 cm³/mol. The van der Waals surface area contributed by atoms with E-state index >= 15 is 0 Å². The highest BCUT2D eigenvalue weighted by molar-refractivity contribution is 5.99. The van der Waals surface area contributed by atoms with Gasteiger partial charge in [0.25, 0.3) is 11.8 Å². The van der Waals surface area contributed by atoms with E-state index in [1.807, 2.05) is 26.0 Å². The highest BCUT2D eigenvalue weighted by Gasteiger charge is 2.47. The first kappa shape index (κ1) is 18.5. The summed E-state index contributed by atoms with van der Waals surface area (Å²) in [5, 5.41) is 2.58. The molecule has 1 atom stereocenters. The molecule has 2 heterocycles. The van der Waals surface area contributed by atoms with Crippen LogP contribution in [0.5, 0.6) is 0 Å². The van der Waals surface area contributed by atoms with E-state index in [9.17, 15) is 18.4 Å². The van der Waals surface area contributed by atoms with Crippen molar-refractivity contribution in [3.05, 3.63) is 35.2 Å². The third-order valence-corrected chi connectivity index (χ3v) is 4.95. The van der Waals surface area contributed by atoms with E-state index in [0.29, 0.717) is 5.56 Å². The van der Waals surface area contributed by atoms with E-state index in [2.05, 4.69) is 10.3 Å². The lowest BCUT2D eigenvalue weighted by atomic mass is 9.98. The first-order valence-electron chi connectivity index (χ1n) is 8.88. The van der Waals surface area contributed by atoms with Gasteiger partial charge in [-0.05, 0) is 24.8 Å². The maximum absolute atomic E-state index is 13.7. The van der Waals surface area contributed by atoms with Gasteiger partial charge in [0, 0.05) is 35.5 Å². The fraction of sp³-hybridized carbons (Fsp3) is 0.526. The fourth-order valence-electron chi connectivity index (χ4n) is 3.59. The minimum Gasteiger partial charge on any atom is -0.343 e. The molecule has 0 bridgehead atoms. The van der Waals surface area contributed by atoms with Crippen LogP contribution in [0.25, 0.3) is 6.08 Å². The van der Waals surface area contributed by atoms with Crippen LogP contribution in [0.15, 0.2) is 18.3 Å². The van der Waals surface area contributed by atoms with Gasteiger partial charge >= 0.3 is 0 Å². The van der Waals surface area contributed by atoms with Crippen molar-refractivity contribution < 1.29 is 18.4 Å². The zero-order chi connectivity index (χ0) is 18.9. The molecule has 5 nitrogen and oxygen atoms in total. The van der Waals surface area contributed by atoms with Crippen LogP contribution in [0.2, 0.25) is 0 Å². The molecule has 3 rings (SSSR count). The highest BCUT2D eigenvalue weighted by Crippen LogP contribution is 2.35. The van der Waals surface area contributed by atoms with E-state index in [0.717, 1.165) is 24.1 Å². The number of carbonyl (C=O) groups excluding carboxylic acids is 2. The Morgan fingerprint density at radius 1 is 1.42 bits per heavy atom. The Bertz CT molecular complexity index is 746. The van der Waals surface area contributed by atoms with E-state index in [-0.39, 0.29) is 18.9 Å². The van der Waals surface area contributed by atoms with Crippen molar-refractivity contribution in [1.29, 1.82) is 0 Å². The maximum Gasteiger partial charge on any atom is 0.267 e. The normalized spacial score (nSPS) is 21.0. The molecule has 1 aromatic rings. The molecule has 26 heavy (non-hydrogen) atoms. The quantitative estimate of drug-likeness (QED) is 0.895. The number of likely N-dealkylation sites (tertiary alicyclic amines) is 1. The van der Waals surface area contributed by atoms with Crippen LogP contribution in [0, 0.1) is 5.92 Å². The summed E-state index contributed by atoms with van der Waals surface area (Å²) >= 11 is 0. The second-order valence-electron chi connectivity index (χ2n) is 7.24. The lowest BCUT2D eigenvalue weighted by molar-refractivity contribution is -0.132. The van der Waals surface area contributed by atoms with Crippen molar-refractivity contribution in [3.63, 3.8) is 0 Å². The summed E-state index contributed by atoms with van der Waals surface area (Å²) in [4.78, 5) is 30.4. The standard InChI is InChI=1S/C19H23F2N3O2/c1-12(2)16-9-19(20,21)11-24(16)17(25)10-23-18(26)14-7-8-22-15-6-4-3-5-13(14)15/h3,5,7-8,12,16H,4,6,9-11H2,1-2H3,(H,23,26). The Morgan fingerprint density at radius 3 is 2.92 bits per heavy atom. The van der Waals surface area contributed by atoms with Gasteiger partial charge in [-0.2, -0.15) is 0 Å². The Hall–Kier alpha value is -2.31. The molecule has 0 spiro atoms. The van der Waals surface area contributed by atoms with Gasteiger partial charge in [-0.15, -0.1) is 0 Å². The van der Waals surface area contributed by atoms with Gasteiger partial charge in [-0.25, -0.2) is 8.78 Å². The number of amides is 2. The molecule has 1 unspecified atom stereocenters. The van der Waals surface area contributed by atoms with Crippen LogP contribution in [-0.4, -0.2) is 46.8 Å². The minimum absolute atomic E-state index is 0.0691. The monoisotopic (exact) mass is 363 g/mol. The summed E-state index contributed by atoms with van der Waals surface area (Å²) < 4.78 is 27.4. The molecule has 1 aromatic heterocycles. The summed E-state index contributed by atoms with van der Waals surface area (Å²) in [6.07, 6.45) is 6.73. The van der Waals surface area contributed by atoms with Crippen molar-refractivity contribution >= 4 is 17.9 Å². The molecule has 1 aliphatic heterocycles. The van der Waals surface area contributed by atoms with Crippen molar-refractivity contribution in [3.8, 4) is 0 Å². The number of hydrogen-bond acceptors (Lipinski definition) is 3. The zero-order valence-electron chi connectivity index (χ0n) is 15.0. The van der Waals surface area contributed by atoms with E-state index in [1.165, 1.54) is 4.90 Å². The van der Waals surface area contributed by atoms with Crippen LogP contribution in [0.1, 0.15) is 48.3 Å². The molecule has 140 valence electrons. The molecule has 0 radical (unpaired) electrons. The fourth-order valence-corrected chi connectivity index (χ4v) is 3.59. The van der Waals surface area contributed by atoms with Crippen LogP contribution < -0.4 is 5.32 Å². The number of allylic oxidation sites excluding steroid dienone is 1. The number of aryl methyl sites for hydroxylation is 1. The largest absolute Gasteiger partial charge is 0.343 e. The lowest BCUT2D eigenvalue weighted by Crippen LogP contribution is -2.44. The Morgan fingerprint density at radius 2 is 2.19 bits per heavy atom. The average Bonchev–Trinajstić information content (AvgIpc) is 2.95. The van der Waals surface area contributed by atoms with Crippen LogP contribution in [0.4, 0.5) is 8.78 Å². The van der Waals surface area contributed by atoms with E-state index < -0.39 is 30.3 Å². The first-order chi connectivity index (χ1) is 12.3. The van der Waals surface area contributed by atoms with Gasteiger partial charge in [0.15, 0.2) is 0 Å². The third-order valence-electron chi connectivity index (χ3n) is 4.95. The molecule has 1 fully saturated rings. The van der Waals surface area contributed by atoms with Gasteiger partial charge in [-0.1, -0.05) is 26.0 Å². The van der Waals surface area contributed by atoms with E-state index in [1.54, 1.807) is 12.3 Å². The zero-order valence-corrected chi connectivity index (χ0v) is 15.0. The molecule has 7 heteroatoms. The van der Waals surface area contributed by atoms with Gasteiger partial charge in [0.05, 0.1) is 13.1 Å². The average molecular weight is 363 g/mol. The van der Waals surface area contributed by atoms with Crippen LogP contribution in [-0.2, 0) is 11.2 Å². The Kier molecular flexibility index (Phi) is 5.07. The number of rotatable bonds is 4. The maximum atomic E-state index is 13.7. The smallest absolute Gasteiger partial charge is 0.267 e. The number of halogens is 2. The molecular weight excluding hydrogens is 340 g/mol. The summed E-state index contributed by atoms with van der Waals surface area (Å²) in [7, 11) is 0. The SMILES string of the molecule is CC(C)C1CC(F)(F)CN1C(=O)CNC(=O)c1ccnc2c1C=CCC2. The summed E-state index contributed by atoms with van der Waals surface area (Å²) in [6, 6.07) is 1.10. The number of carbonyl (C=O) groups is 2. The number of fused-ring (bicyclic) bond motifs is 1. The molecule has 1 N–H and O–H groups in total. The Labute approximate surface area is 151 Å². The summed E-state index contributed by atoms with van der Waals surface area (Å²) in [5.41, 5.74) is 2.06. The molecule has 2 amide bonds. The number of nitrogens with zero attached hydrogens (tertiary/aromatic N) is 2. The van der Waals surface area contributed by atoms with Crippen LogP contribution >= 0.6 is 0 Å². The molecule has 1 aliphatic carbocycles. The first-order valence-corrected chi connectivity index (χ1v) is 8.88.